The third kappa shape index (κ3) is 4.50. The Morgan fingerprint density at radius 2 is 2.00 bits per heavy atom. The van der Waals surface area contributed by atoms with Gasteiger partial charge >= 0.3 is 0 Å². The molecule has 1 unspecified atom stereocenters. The monoisotopic (exact) mass is 395 g/mol. The highest BCUT2D eigenvalue weighted by Crippen LogP contribution is 2.44. The number of hydrogen-bond acceptors (Lipinski definition) is 3. The first-order valence-corrected chi connectivity index (χ1v) is 10.2. The second kappa shape index (κ2) is 8.36. The number of nitrogens with one attached hydrogen (secondary N) is 1. The normalized spacial score (nSPS) is 18.0. The van der Waals surface area contributed by atoms with E-state index in [1.807, 2.05) is 0 Å². The van der Waals surface area contributed by atoms with Crippen LogP contribution in [0.1, 0.15) is 73.5 Å². The average molecular weight is 396 g/mol. The molecule has 0 spiro atoms. The summed E-state index contributed by atoms with van der Waals surface area (Å²) in [5.74, 6) is -0.278. The third-order valence-electron chi connectivity index (χ3n) is 5.70. The fraction of sp³-hybridized carbons (Fsp3) is 0.417. The van der Waals surface area contributed by atoms with Crippen molar-refractivity contribution in [3.63, 3.8) is 0 Å². The van der Waals surface area contributed by atoms with Crippen molar-refractivity contribution in [2.75, 3.05) is 11.4 Å². The molecule has 3 rings (SSSR count). The first-order valence-electron chi connectivity index (χ1n) is 10.2. The van der Waals surface area contributed by atoms with Crippen LogP contribution in [0, 0.1) is 12.7 Å². The third-order valence-corrected chi connectivity index (χ3v) is 5.70. The summed E-state index contributed by atoms with van der Waals surface area (Å²) in [5.41, 5.74) is 7.78. The molecular formula is C24H30FN3O. The van der Waals surface area contributed by atoms with E-state index in [1.54, 1.807) is 6.21 Å². The maximum absolute atomic E-state index is 13.0. The minimum absolute atomic E-state index is 0.133. The topological polar surface area (TPSA) is 44.7 Å². The van der Waals surface area contributed by atoms with Crippen LogP contribution in [-0.4, -0.2) is 24.2 Å². The van der Waals surface area contributed by atoms with Crippen molar-refractivity contribution in [2.24, 2.45) is 5.10 Å². The first-order chi connectivity index (χ1) is 13.7. The quantitative estimate of drug-likeness (QED) is 0.544. The number of amides is 1. The van der Waals surface area contributed by atoms with Gasteiger partial charge in [0.15, 0.2) is 0 Å². The van der Waals surface area contributed by atoms with Crippen molar-refractivity contribution in [1.82, 2.24) is 5.43 Å². The Hall–Kier alpha value is -2.69. The van der Waals surface area contributed by atoms with Gasteiger partial charge in [0, 0.05) is 23.3 Å². The largest absolute Gasteiger partial charge is 0.366 e. The van der Waals surface area contributed by atoms with Crippen LogP contribution in [0.2, 0.25) is 0 Å². The van der Waals surface area contributed by atoms with Gasteiger partial charge in [-0.2, -0.15) is 5.10 Å². The van der Waals surface area contributed by atoms with Gasteiger partial charge in [-0.15, -0.1) is 0 Å². The highest BCUT2D eigenvalue weighted by atomic mass is 19.1. The number of benzene rings is 2. The molecule has 2 aromatic rings. The number of fused-ring (bicyclic) bond motifs is 1. The summed E-state index contributed by atoms with van der Waals surface area (Å²) in [6.45, 7) is 12.2. The van der Waals surface area contributed by atoms with Gasteiger partial charge in [0.2, 0.25) is 0 Å². The van der Waals surface area contributed by atoms with E-state index < -0.39 is 0 Å². The molecule has 0 saturated carbocycles. The lowest BCUT2D eigenvalue weighted by atomic mass is 9.79. The number of aryl methyl sites for hydroxylation is 1. The lowest BCUT2D eigenvalue weighted by molar-refractivity contribution is 0.0955. The van der Waals surface area contributed by atoms with Crippen LogP contribution in [0.3, 0.4) is 0 Å². The van der Waals surface area contributed by atoms with Crippen molar-refractivity contribution in [1.29, 1.82) is 0 Å². The Morgan fingerprint density at radius 1 is 1.31 bits per heavy atom. The predicted octanol–water partition coefficient (Wildman–Crippen LogP) is 5.40. The van der Waals surface area contributed by atoms with Crippen LogP contribution < -0.4 is 10.3 Å². The number of carbonyl (C=O) groups is 1. The average Bonchev–Trinajstić information content (AvgIpc) is 2.66. The molecule has 1 aliphatic rings. The number of hydrazone groups is 1. The summed E-state index contributed by atoms with van der Waals surface area (Å²) in [7, 11) is 0. The van der Waals surface area contributed by atoms with Gasteiger partial charge in [0.05, 0.1) is 6.21 Å². The molecule has 0 radical (unpaired) electrons. The van der Waals surface area contributed by atoms with Gasteiger partial charge in [-0.25, -0.2) is 9.82 Å². The number of nitrogens with zero attached hydrogens (tertiary/aromatic N) is 2. The molecule has 29 heavy (non-hydrogen) atoms. The lowest BCUT2D eigenvalue weighted by Gasteiger charge is -2.48. The van der Waals surface area contributed by atoms with Gasteiger partial charge in [0.1, 0.15) is 5.82 Å². The fourth-order valence-electron chi connectivity index (χ4n) is 4.26. The van der Waals surface area contributed by atoms with E-state index in [-0.39, 0.29) is 17.3 Å². The van der Waals surface area contributed by atoms with Crippen molar-refractivity contribution >= 4 is 17.8 Å². The second-order valence-corrected chi connectivity index (χ2v) is 8.54. The molecule has 1 aliphatic heterocycles. The van der Waals surface area contributed by atoms with E-state index in [4.69, 9.17) is 0 Å². The molecule has 1 atom stereocenters. The van der Waals surface area contributed by atoms with E-state index in [0.717, 1.165) is 30.5 Å². The lowest BCUT2D eigenvalue weighted by Crippen LogP contribution is -2.48. The number of anilines is 1. The van der Waals surface area contributed by atoms with Gasteiger partial charge in [0.25, 0.3) is 5.91 Å². The van der Waals surface area contributed by atoms with Gasteiger partial charge < -0.3 is 4.90 Å². The molecule has 1 N–H and O–H groups in total. The molecule has 0 fully saturated rings. The zero-order valence-corrected chi connectivity index (χ0v) is 17.9. The zero-order valence-electron chi connectivity index (χ0n) is 17.9. The van der Waals surface area contributed by atoms with E-state index >= 15 is 0 Å². The molecule has 0 saturated heterocycles. The molecular weight excluding hydrogens is 365 g/mol. The van der Waals surface area contributed by atoms with Crippen molar-refractivity contribution < 1.29 is 9.18 Å². The smallest absolute Gasteiger partial charge is 0.271 e. The highest BCUT2D eigenvalue weighted by Gasteiger charge is 2.36. The van der Waals surface area contributed by atoms with E-state index in [0.29, 0.717) is 11.5 Å². The number of hydrogen-bond donors (Lipinski definition) is 1. The summed E-state index contributed by atoms with van der Waals surface area (Å²) < 4.78 is 13.0. The molecule has 0 bridgehead atoms. The Bertz CT molecular complexity index is 918. The SMILES string of the molecule is CCCN1c2cc(C)c(/C=N\NC(=O)c3ccc(F)cc3)cc2C(C)CC1(C)C. The molecule has 5 heteroatoms. The number of rotatable bonds is 5. The molecule has 4 nitrogen and oxygen atoms in total. The Balaban J connectivity index is 1.83. The number of halogens is 1. The first kappa shape index (κ1) is 21.0. The minimum atomic E-state index is -0.371. The zero-order chi connectivity index (χ0) is 21.2. The summed E-state index contributed by atoms with van der Waals surface area (Å²) in [4.78, 5) is 14.7. The van der Waals surface area contributed by atoms with Crippen LogP contribution in [-0.2, 0) is 0 Å². The second-order valence-electron chi connectivity index (χ2n) is 8.54. The van der Waals surface area contributed by atoms with Crippen LogP contribution in [0.15, 0.2) is 41.5 Å². The van der Waals surface area contributed by atoms with Crippen molar-refractivity contribution in [3.05, 3.63) is 64.5 Å². The summed E-state index contributed by atoms with van der Waals surface area (Å²) in [6.07, 6.45) is 3.89. The Kier molecular flexibility index (Phi) is 6.06. The number of carbonyl (C=O) groups excluding carboxylic acids is 1. The van der Waals surface area contributed by atoms with E-state index in [2.05, 4.69) is 62.2 Å². The fourth-order valence-corrected chi connectivity index (χ4v) is 4.26. The van der Waals surface area contributed by atoms with Crippen molar-refractivity contribution in [3.8, 4) is 0 Å². The maximum atomic E-state index is 13.0. The Morgan fingerprint density at radius 3 is 2.66 bits per heavy atom. The standard InChI is InChI=1S/C24H30FN3O/c1-6-11-28-22-12-16(2)19(13-21(22)17(3)14-24(28,4)5)15-26-27-23(29)18-7-9-20(25)10-8-18/h7-10,12-13,15,17H,6,11,14H2,1-5H3,(H,27,29)/b26-15-. The summed E-state index contributed by atoms with van der Waals surface area (Å²) >= 11 is 0. The Labute approximate surface area is 172 Å². The van der Waals surface area contributed by atoms with Crippen LogP contribution in [0.5, 0.6) is 0 Å². The molecule has 2 aromatic carbocycles. The minimum Gasteiger partial charge on any atom is -0.366 e. The molecule has 1 amide bonds. The van der Waals surface area contributed by atoms with Crippen molar-refractivity contribution in [2.45, 2.75) is 58.9 Å². The molecule has 0 aromatic heterocycles. The van der Waals surface area contributed by atoms with Gasteiger partial charge in [-0.05, 0) is 92.6 Å². The summed E-state index contributed by atoms with van der Waals surface area (Å²) in [6, 6.07) is 9.84. The predicted molar refractivity (Wildman–Crippen MR) is 117 cm³/mol. The maximum Gasteiger partial charge on any atom is 0.271 e. The highest BCUT2D eigenvalue weighted by molar-refractivity contribution is 5.95. The molecule has 1 heterocycles. The van der Waals surface area contributed by atoms with Gasteiger partial charge in [-0.1, -0.05) is 13.8 Å². The van der Waals surface area contributed by atoms with Crippen LogP contribution in [0.4, 0.5) is 10.1 Å². The van der Waals surface area contributed by atoms with E-state index in [9.17, 15) is 9.18 Å². The van der Waals surface area contributed by atoms with Crippen LogP contribution >= 0.6 is 0 Å². The van der Waals surface area contributed by atoms with Gasteiger partial charge in [-0.3, -0.25) is 4.79 Å². The molecule has 0 aliphatic carbocycles. The van der Waals surface area contributed by atoms with Crippen LogP contribution in [0.25, 0.3) is 0 Å². The summed E-state index contributed by atoms with van der Waals surface area (Å²) in [5, 5.41) is 4.13. The van der Waals surface area contributed by atoms with E-state index in [1.165, 1.54) is 35.5 Å². The molecule has 154 valence electrons.